The Bertz CT molecular complexity index is 1450. The van der Waals surface area contributed by atoms with E-state index in [9.17, 15) is 14.3 Å². The van der Waals surface area contributed by atoms with Crippen LogP contribution in [-0.2, 0) is 9.63 Å². The van der Waals surface area contributed by atoms with Crippen molar-refractivity contribution in [1.82, 2.24) is 15.0 Å². The second-order valence-electron chi connectivity index (χ2n) is 14.4. The third-order valence-corrected chi connectivity index (χ3v) is 12.1. The molecule has 1 saturated carbocycles. The maximum absolute atomic E-state index is 12.4. The predicted octanol–water partition coefficient (Wildman–Crippen LogP) is 11.2. The van der Waals surface area contributed by atoms with Crippen LogP contribution in [0.3, 0.4) is 0 Å². The van der Waals surface area contributed by atoms with Gasteiger partial charge in [0.25, 0.3) is 0 Å². The lowest BCUT2D eigenvalue weighted by atomic mass is 9.81. The van der Waals surface area contributed by atoms with Gasteiger partial charge in [0, 0.05) is 20.6 Å². The minimum Gasteiger partial charge on any atom is -0.515 e. The number of imidazole rings is 1. The zero-order valence-electron chi connectivity index (χ0n) is 34.2. The number of hydroxylamine groups is 2. The molecule has 0 bridgehead atoms. The summed E-state index contributed by atoms with van der Waals surface area (Å²) in [6.45, 7) is 13.8. The predicted molar refractivity (Wildman–Crippen MR) is 224 cm³/mol. The summed E-state index contributed by atoms with van der Waals surface area (Å²) in [4.78, 5) is 25.0. The number of aliphatic hydroxyl groups excluding tert-OH is 2. The maximum Gasteiger partial charge on any atom is 0.246 e. The number of fused-ring (bicyclic) bond motifs is 1. The van der Waals surface area contributed by atoms with Crippen LogP contribution < -0.4 is 0 Å². The van der Waals surface area contributed by atoms with Crippen molar-refractivity contribution >= 4 is 30.8 Å². The van der Waals surface area contributed by atoms with Gasteiger partial charge in [-0.25, -0.2) is 22.7 Å². The van der Waals surface area contributed by atoms with Crippen molar-refractivity contribution < 1.29 is 24.2 Å². The summed E-state index contributed by atoms with van der Waals surface area (Å²) in [6.07, 6.45) is 21.6. The van der Waals surface area contributed by atoms with Crippen molar-refractivity contribution in [1.29, 1.82) is 0 Å². The van der Waals surface area contributed by atoms with E-state index in [0.29, 0.717) is 12.3 Å². The smallest absolute Gasteiger partial charge is 0.246 e. The van der Waals surface area contributed by atoms with Gasteiger partial charge in [-0.15, -0.1) is 0 Å². The molecular formula is C42H72FN3O4S. The number of carbonyl (C=O) groups is 1. The molecule has 0 saturated heterocycles. The van der Waals surface area contributed by atoms with Crippen molar-refractivity contribution in [3.05, 3.63) is 90.3 Å². The van der Waals surface area contributed by atoms with Crippen molar-refractivity contribution in [3.63, 3.8) is 0 Å². The van der Waals surface area contributed by atoms with Gasteiger partial charge in [-0.3, -0.25) is 9.63 Å². The number of nitrogens with one attached hydrogen (secondary N) is 1. The topological polar surface area (TPSA) is 98.7 Å². The number of aliphatic hydroxyl groups is 2. The number of benzene rings is 2. The Kier molecular flexibility index (Phi) is 23.3. The Morgan fingerprint density at radius 2 is 1.61 bits per heavy atom. The van der Waals surface area contributed by atoms with Crippen molar-refractivity contribution in [2.45, 2.75) is 91.6 Å². The number of aromatic nitrogens is 2. The minimum atomic E-state index is -2.56. The number of allylic oxidation sites excluding steroid dienone is 4. The van der Waals surface area contributed by atoms with Crippen LogP contribution in [0.25, 0.3) is 16.6 Å². The van der Waals surface area contributed by atoms with Gasteiger partial charge in [-0.1, -0.05) is 96.0 Å². The molecule has 51 heavy (non-hydrogen) atoms. The Hall–Kier alpha value is -3.40. The number of hydrogen-bond donors (Lipinski definition) is 3. The van der Waals surface area contributed by atoms with E-state index >= 15 is 0 Å². The number of hydrogen-bond acceptors (Lipinski definition) is 5. The number of amides is 1. The van der Waals surface area contributed by atoms with Gasteiger partial charge in [0.15, 0.2) is 0 Å². The summed E-state index contributed by atoms with van der Waals surface area (Å²) in [5, 5.41) is 19.5. The SMILES string of the molecule is C/C(=C\C=C/C(C)F)c1ccccc1.CC.CC.CO.CON(C)C(=O)CC1CCC(C)CC1.CS(C)(C)(C)(C=CO)c1ccc2nc[nH]c2c1. The summed E-state index contributed by atoms with van der Waals surface area (Å²) in [6, 6.07) is 16.3. The highest BCUT2D eigenvalue weighted by molar-refractivity contribution is 8.65. The Morgan fingerprint density at radius 3 is 2.12 bits per heavy atom. The molecule has 1 atom stereocenters. The van der Waals surface area contributed by atoms with Crippen LogP contribution in [0, 0.1) is 11.8 Å². The molecule has 3 aromatic rings. The van der Waals surface area contributed by atoms with Crippen molar-refractivity contribution in [3.8, 4) is 0 Å². The first-order valence-electron chi connectivity index (χ1n) is 18.1. The number of H-pyrrole nitrogens is 1. The van der Waals surface area contributed by atoms with Gasteiger partial charge in [-0.2, -0.15) is 0 Å². The number of nitrogens with zero attached hydrogens (tertiary/aromatic N) is 2. The molecule has 0 spiro atoms. The molecule has 1 unspecified atom stereocenters. The van der Waals surface area contributed by atoms with E-state index in [1.54, 1.807) is 19.5 Å². The maximum atomic E-state index is 12.4. The van der Waals surface area contributed by atoms with Gasteiger partial charge in [-0.05, 0) is 103 Å². The molecule has 1 aliphatic rings. The lowest BCUT2D eigenvalue weighted by molar-refractivity contribution is -0.170. The van der Waals surface area contributed by atoms with Crippen LogP contribution in [0.1, 0.15) is 86.1 Å². The van der Waals surface area contributed by atoms with E-state index in [1.165, 1.54) is 67.6 Å². The highest BCUT2D eigenvalue weighted by Gasteiger charge is 2.42. The number of rotatable bonds is 8. The largest absolute Gasteiger partial charge is 0.515 e. The van der Waals surface area contributed by atoms with Crippen LogP contribution in [-0.4, -0.2) is 83.6 Å². The van der Waals surface area contributed by atoms with E-state index in [2.05, 4.69) is 54.0 Å². The first-order valence-corrected chi connectivity index (χ1v) is 22.2. The van der Waals surface area contributed by atoms with Gasteiger partial charge >= 0.3 is 0 Å². The first-order chi connectivity index (χ1) is 24.0. The number of carbonyl (C=O) groups excluding carboxylic acids is 1. The lowest BCUT2D eigenvalue weighted by Crippen LogP contribution is -2.28. The first kappa shape index (κ1) is 49.7. The van der Waals surface area contributed by atoms with Crippen LogP contribution >= 0.6 is 8.29 Å². The van der Waals surface area contributed by atoms with Crippen LogP contribution in [0.2, 0.25) is 0 Å². The van der Waals surface area contributed by atoms with E-state index in [-0.39, 0.29) is 5.91 Å². The third-order valence-electron chi connectivity index (χ3n) is 8.32. The number of halogens is 1. The van der Waals surface area contributed by atoms with Gasteiger partial charge in [0.2, 0.25) is 5.91 Å². The van der Waals surface area contributed by atoms with Crippen LogP contribution in [0.5, 0.6) is 0 Å². The zero-order valence-corrected chi connectivity index (χ0v) is 35.1. The Morgan fingerprint density at radius 1 is 1.04 bits per heavy atom. The molecule has 1 aliphatic carbocycles. The molecule has 2 aromatic carbocycles. The number of alkyl halides is 1. The van der Waals surface area contributed by atoms with E-state index < -0.39 is 14.5 Å². The second-order valence-corrected chi connectivity index (χ2v) is 23.8. The van der Waals surface area contributed by atoms with E-state index in [0.717, 1.165) is 29.6 Å². The van der Waals surface area contributed by atoms with Gasteiger partial charge in [0.05, 0.1) is 30.7 Å². The molecule has 1 aromatic heterocycles. The third kappa shape index (κ3) is 19.1. The second kappa shape index (κ2) is 24.0. The summed E-state index contributed by atoms with van der Waals surface area (Å²) < 4.78 is 12.4. The minimum absolute atomic E-state index is 0.104. The number of aromatic amines is 1. The fourth-order valence-electron chi connectivity index (χ4n) is 5.01. The molecule has 3 N–H and O–H groups in total. The molecular weight excluding hydrogens is 662 g/mol. The van der Waals surface area contributed by atoms with Crippen molar-refractivity contribution in [2.75, 3.05) is 46.3 Å². The van der Waals surface area contributed by atoms with E-state index in [1.807, 2.05) is 82.5 Å². The molecule has 7 nitrogen and oxygen atoms in total. The molecule has 4 rings (SSSR count). The highest BCUT2D eigenvalue weighted by Crippen LogP contribution is 2.85. The molecule has 9 heteroatoms. The van der Waals surface area contributed by atoms with Crippen molar-refractivity contribution in [2.24, 2.45) is 11.8 Å². The zero-order chi connectivity index (χ0) is 39.7. The molecule has 292 valence electrons. The standard InChI is InChI=1S/C13H15F.C13H20N2OS.C11H21NO2.2C2H6.CH4O/c1-11(7-6-8-12(2)14)13-9-4-3-5-10-13;1-17(2,3,4,8-7-16)11-5-6-12-13(9-11)15-10-14-12;1-9-4-6-10(7-5-9)8-11(13)12(2)14-3;3*1-2/h3-10,12H,1-2H3;5-10,16H,1-4H3,(H,14,15);9-10H,4-8H2,1-3H3;2*1-2H3;2H,1H3/b8-6-,11-7+;;;;;. The average molecular weight is 734 g/mol. The summed E-state index contributed by atoms with van der Waals surface area (Å²) >= 11 is 0. The molecule has 1 heterocycles. The highest BCUT2D eigenvalue weighted by atomic mass is 32.4. The van der Waals surface area contributed by atoms with Gasteiger partial charge < -0.3 is 15.2 Å². The Labute approximate surface area is 309 Å². The van der Waals surface area contributed by atoms with Crippen LogP contribution in [0.15, 0.2) is 89.7 Å². The Balaban J connectivity index is 0. The van der Waals surface area contributed by atoms with Gasteiger partial charge in [0.1, 0.15) is 6.17 Å². The molecule has 0 radical (unpaired) electrons. The molecule has 1 amide bonds. The summed E-state index contributed by atoms with van der Waals surface area (Å²) in [5.41, 5.74) is 4.31. The summed E-state index contributed by atoms with van der Waals surface area (Å²) in [7, 11) is 1.64. The normalized spacial score (nSPS) is 17.6. The molecule has 1 fully saturated rings. The molecule has 0 aliphatic heterocycles. The van der Waals surface area contributed by atoms with E-state index in [4.69, 9.17) is 9.94 Å². The fourth-order valence-corrected chi connectivity index (χ4v) is 7.06. The quantitative estimate of drug-likeness (QED) is 0.122. The van der Waals surface area contributed by atoms with Crippen LogP contribution in [0.4, 0.5) is 4.39 Å². The lowest BCUT2D eigenvalue weighted by Gasteiger charge is -2.66. The average Bonchev–Trinajstić information content (AvgIpc) is 3.60. The fraction of sp³-hybridized carbons (Fsp3) is 0.524. The monoisotopic (exact) mass is 734 g/mol. The summed E-state index contributed by atoms with van der Waals surface area (Å²) in [5.74, 6) is 1.53.